The van der Waals surface area contributed by atoms with Gasteiger partial charge in [-0.1, -0.05) is 30.3 Å². The minimum Gasteiger partial charge on any atom is -0.422 e. The molecule has 2 rings (SSSR count). The van der Waals surface area contributed by atoms with Crippen LogP contribution in [-0.4, -0.2) is 15.9 Å². The van der Waals surface area contributed by atoms with E-state index < -0.39 is 5.41 Å². The Labute approximate surface area is 125 Å². The van der Waals surface area contributed by atoms with Crippen LogP contribution in [0.2, 0.25) is 0 Å². The van der Waals surface area contributed by atoms with Gasteiger partial charge in [0.2, 0.25) is 0 Å². The second kappa shape index (κ2) is 5.64. The zero-order valence-electron chi connectivity index (χ0n) is 13.1. The minimum absolute atomic E-state index is 0.287. The molecule has 0 saturated heterocycles. The van der Waals surface area contributed by atoms with Gasteiger partial charge in [0, 0.05) is 5.56 Å². The van der Waals surface area contributed by atoms with E-state index in [9.17, 15) is 4.79 Å². The summed E-state index contributed by atoms with van der Waals surface area (Å²) in [5, 5.41) is 0. The van der Waals surface area contributed by atoms with Crippen LogP contribution < -0.4 is 4.74 Å². The standard InChI is InChI=1S/C17H20N2O2/c1-11-14(21-16(20)17(3,4)5)12(2)19-15(18-11)13-9-7-6-8-10-13/h6-10H,1-5H3. The molecule has 0 radical (unpaired) electrons. The Morgan fingerprint density at radius 1 is 1.00 bits per heavy atom. The molecular weight excluding hydrogens is 264 g/mol. The molecule has 0 atom stereocenters. The maximum atomic E-state index is 12.0. The summed E-state index contributed by atoms with van der Waals surface area (Å²) in [7, 11) is 0. The fourth-order valence-electron chi connectivity index (χ4n) is 1.82. The first-order valence-electron chi connectivity index (χ1n) is 6.92. The van der Waals surface area contributed by atoms with E-state index in [2.05, 4.69) is 9.97 Å². The number of ether oxygens (including phenoxy) is 1. The zero-order valence-corrected chi connectivity index (χ0v) is 13.1. The van der Waals surface area contributed by atoms with Crippen LogP contribution in [0, 0.1) is 19.3 Å². The summed E-state index contributed by atoms with van der Waals surface area (Å²) in [6.45, 7) is 9.11. The molecule has 2 aromatic rings. The van der Waals surface area contributed by atoms with Crippen molar-refractivity contribution in [2.75, 3.05) is 0 Å². The van der Waals surface area contributed by atoms with E-state index in [4.69, 9.17) is 4.74 Å². The van der Waals surface area contributed by atoms with Crippen LogP contribution in [-0.2, 0) is 4.79 Å². The largest absolute Gasteiger partial charge is 0.422 e. The predicted octanol–water partition coefficient (Wildman–Crippen LogP) is 3.71. The van der Waals surface area contributed by atoms with Gasteiger partial charge in [-0.3, -0.25) is 4.79 Å². The predicted molar refractivity (Wildman–Crippen MR) is 82.0 cm³/mol. The Morgan fingerprint density at radius 2 is 1.52 bits per heavy atom. The highest BCUT2D eigenvalue weighted by molar-refractivity contribution is 5.78. The van der Waals surface area contributed by atoms with Crippen molar-refractivity contribution in [2.24, 2.45) is 5.41 Å². The highest BCUT2D eigenvalue weighted by Crippen LogP contribution is 2.26. The van der Waals surface area contributed by atoms with Crippen molar-refractivity contribution in [3.8, 4) is 17.1 Å². The van der Waals surface area contributed by atoms with Crippen LogP contribution in [0.15, 0.2) is 30.3 Å². The van der Waals surface area contributed by atoms with Gasteiger partial charge in [-0.25, -0.2) is 9.97 Å². The van der Waals surface area contributed by atoms with E-state index in [0.29, 0.717) is 23.0 Å². The summed E-state index contributed by atoms with van der Waals surface area (Å²) in [5.41, 5.74) is 1.71. The highest BCUT2D eigenvalue weighted by Gasteiger charge is 2.25. The van der Waals surface area contributed by atoms with E-state index in [1.165, 1.54) is 0 Å². The average molecular weight is 284 g/mol. The van der Waals surface area contributed by atoms with E-state index in [1.807, 2.05) is 65.0 Å². The number of nitrogens with zero attached hydrogens (tertiary/aromatic N) is 2. The Bertz CT molecular complexity index is 635. The molecule has 1 aromatic carbocycles. The van der Waals surface area contributed by atoms with Gasteiger partial charge in [0.05, 0.1) is 16.8 Å². The van der Waals surface area contributed by atoms with Crippen LogP contribution >= 0.6 is 0 Å². The molecule has 1 heterocycles. The Morgan fingerprint density at radius 3 is 2.00 bits per heavy atom. The Kier molecular flexibility index (Phi) is 4.07. The number of rotatable bonds is 2. The van der Waals surface area contributed by atoms with Crippen molar-refractivity contribution in [1.29, 1.82) is 0 Å². The first-order chi connectivity index (χ1) is 9.79. The molecule has 21 heavy (non-hydrogen) atoms. The first kappa shape index (κ1) is 15.2. The van der Waals surface area contributed by atoms with Crippen LogP contribution in [0.3, 0.4) is 0 Å². The minimum atomic E-state index is -0.559. The van der Waals surface area contributed by atoms with Gasteiger partial charge in [-0.05, 0) is 34.6 Å². The van der Waals surface area contributed by atoms with E-state index in [0.717, 1.165) is 5.56 Å². The molecule has 0 amide bonds. The molecule has 0 bridgehead atoms. The van der Waals surface area contributed by atoms with E-state index in [1.54, 1.807) is 0 Å². The molecule has 0 unspecified atom stereocenters. The van der Waals surface area contributed by atoms with E-state index in [-0.39, 0.29) is 5.97 Å². The van der Waals surface area contributed by atoms with Crippen molar-refractivity contribution < 1.29 is 9.53 Å². The third-order valence-electron chi connectivity index (χ3n) is 3.04. The normalized spacial score (nSPS) is 11.3. The van der Waals surface area contributed by atoms with Gasteiger partial charge in [0.25, 0.3) is 0 Å². The average Bonchev–Trinajstić information content (AvgIpc) is 2.42. The van der Waals surface area contributed by atoms with Gasteiger partial charge in [0.15, 0.2) is 11.6 Å². The summed E-state index contributed by atoms with van der Waals surface area (Å²) in [6.07, 6.45) is 0. The van der Waals surface area contributed by atoms with Gasteiger partial charge in [-0.15, -0.1) is 0 Å². The third kappa shape index (κ3) is 3.45. The van der Waals surface area contributed by atoms with Crippen molar-refractivity contribution in [3.05, 3.63) is 41.7 Å². The number of carbonyl (C=O) groups excluding carboxylic acids is 1. The highest BCUT2D eigenvalue weighted by atomic mass is 16.5. The number of aryl methyl sites for hydroxylation is 2. The number of hydrogen-bond donors (Lipinski definition) is 0. The summed E-state index contributed by atoms with van der Waals surface area (Å²) >= 11 is 0. The number of benzene rings is 1. The first-order valence-corrected chi connectivity index (χ1v) is 6.92. The SMILES string of the molecule is Cc1nc(-c2ccccc2)nc(C)c1OC(=O)C(C)(C)C. The quantitative estimate of drug-likeness (QED) is 0.789. The number of aromatic nitrogens is 2. The molecule has 4 nitrogen and oxygen atoms in total. The molecule has 110 valence electrons. The lowest BCUT2D eigenvalue weighted by atomic mass is 9.97. The molecule has 0 aliphatic carbocycles. The second-order valence-corrected chi connectivity index (χ2v) is 6.05. The van der Waals surface area contributed by atoms with Crippen LogP contribution in [0.1, 0.15) is 32.2 Å². The maximum absolute atomic E-state index is 12.0. The van der Waals surface area contributed by atoms with Crippen LogP contribution in [0.4, 0.5) is 0 Å². The molecular formula is C17H20N2O2. The van der Waals surface area contributed by atoms with Crippen molar-refractivity contribution in [2.45, 2.75) is 34.6 Å². The monoisotopic (exact) mass is 284 g/mol. The number of hydrogen-bond acceptors (Lipinski definition) is 4. The lowest BCUT2D eigenvalue weighted by Crippen LogP contribution is -2.26. The Balaban J connectivity index is 2.37. The maximum Gasteiger partial charge on any atom is 0.316 e. The summed E-state index contributed by atoms with van der Waals surface area (Å²) in [6, 6.07) is 9.74. The molecule has 1 aromatic heterocycles. The molecule has 0 aliphatic rings. The van der Waals surface area contributed by atoms with Gasteiger partial charge in [0.1, 0.15) is 0 Å². The molecule has 0 N–H and O–H groups in total. The third-order valence-corrected chi connectivity index (χ3v) is 3.04. The lowest BCUT2D eigenvalue weighted by molar-refractivity contribution is -0.143. The lowest BCUT2D eigenvalue weighted by Gasteiger charge is -2.18. The summed E-state index contributed by atoms with van der Waals surface area (Å²) < 4.78 is 5.47. The molecule has 0 spiro atoms. The summed E-state index contributed by atoms with van der Waals surface area (Å²) in [4.78, 5) is 20.9. The molecule has 0 aliphatic heterocycles. The van der Waals surface area contributed by atoms with Gasteiger partial charge >= 0.3 is 5.97 Å². The zero-order chi connectivity index (χ0) is 15.6. The van der Waals surface area contributed by atoms with Gasteiger partial charge in [-0.2, -0.15) is 0 Å². The second-order valence-electron chi connectivity index (χ2n) is 6.05. The summed E-state index contributed by atoms with van der Waals surface area (Å²) in [5.74, 6) is 0.806. The molecule has 0 saturated carbocycles. The Hall–Kier alpha value is -2.23. The topological polar surface area (TPSA) is 52.1 Å². The fraction of sp³-hybridized carbons (Fsp3) is 0.353. The molecule has 4 heteroatoms. The van der Waals surface area contributed by atoms with Gasteiger partial charge < -0.3 is 4.74 Å². The van der Waals surface area contributed by atoms with E-state index >= 15 is 0 Å². The number of carbonyl (C=O) groups is 1. The number of esters is 1. The van der Waals surface area contributed by atoms with Crippen molar-refractivity contribution in [3.63, 3.8) is 0 Å². The fourth-order valence-corrected chi connectivity index (χ4v) is 1.82. The van der Waals surface area contributed by atoms with Crippen molar-refractivity contribution in [1.82, 2.24) is 9.97 Å². The van der Waals surface area contributed by atoms with Crippen LogP contribution in [0.5, 0.6) is 5.75 Å². The molecule has 0 fully saturated rings. The smallest absolute Gasteiger partial charge is 0.316 e. The van der Waals surface area contributed by atoms with Crippen molar-refractivity contribution >= 4 is 5.97 Å². The van der Waals surface area contributed by atoms with Crippen LogP contribution in [0.25, 0.3) is 11.4 Å².